The van der Waals surface area contributed by atoms with Crippen molar-refractivity contribution >= 4 is 15.7 Å². The molecule has 102 valence electrons. The summed E-state index contributed by atoms with van der Waals surface area (Å²) in [6, 6.07) is 5.30. The minimum absolute atomic E-state index is 0.0959. The minimum atomic E-state index is -3.75. The molecule has 0 saturated heterocycles. The van der Waals surface area contributed by atoms with Gasteiger partial charge < -0.3 is 0 Å². The van der Waals surface area contributed by atoms with Crippen LogP contribution in [0.2, 0.25) is 0 Å². The molecule has 0 bridgehead atoms. The lowest BCUT2D eigenvalue weighted by molar-refractivity contribution is 0.598. The lowest BCUT2D eigenvalue weighted by atomic mass is 10.3. The Bertz CT molecular complexity index is 695. The van der Waals surface area contributed by atoms with Crippen molar-refractivity contribution in [2.75, 3.05) is 4.72 Å². The van der Waals surface area contributed by atoms with E-state index in [1.54, 1.807) is 11.6 Å². The van der Waals surface area contributed by atoms with Gasteiger partial charge in [-0.25, -0.2) is 12.8 Å². The van der Waals surface area contributed by atoms with Gasteiger partial charge in [0.15, 0.2) is 0 Å². The summed E-state index contributed by atoms with van der Waals surface area (Å²) in [5.74, 6) is -0.499. The van der Waals surface area contributed by atoms with Gasteiger partial charge in [0, 0.05) is 6.54 Å². The van der Waals surface area contributed by atoms with E-state index in [0.29, 0.717) is 12.2 Å². The van der Waals surface area contributed by atoms with Crippen LogP contribution in [0, 0.1) is 12.7 Å². The number of nitrogens with one attached hydrogen (secondary N) is 1. The number of sulfonamides is 1. The van der Waals surface area contributed by atoms with Gasteiger partial charge in [-0.3, -0.25) is 9.40 Å². The number of hydrogen-bond donors (Lipinski definition) is 1. The predicted octanol–water partition coefficient (Wildman–Crippen LogP) is 2.15. The van der Waals surface area contributed by atoms with E-state index in [1.807, 2.05) is 6.92 Å². The summed E-state index contributed by atoms with van der Waals surface area (Å²) in [6.07, 6.45) is 1.29. The Labute approximate surface area is 111 Å². The van der Waals surface area contributed by atoms with Gasteiger partial charge in [-0.15, -0.1) is 0 Å². The quantitative estimate of drug-likeness (QED) is 0.935. The summed E-state index contributed by atoms with van der Waals surface area (Å²) >= 11 is 0. The molecule has 0 atom stereocenters. The highest BCUT2D eigenvalue weighted by Crippen LogP contribution is 2.19. The molecule has 0 aliphatic rings. The van der Waals surface area contributed by atoms with E-state index >= 15 is 0 Å². The fourth-order valence-corrected chi connectivity index (χ4v) is 3.00. The fraction of sp³-hybridized carbons (Fsp3) is 0.250. The van der Waals surface area contributed by atoms with Crippen molar-refractivity contribution in [3.05, 3.63) is 42.0 Å². The van der Waals surface area contributed by atoms with Crippen LogP contribution < -0.4 is 4.72 Å². The number of halogens is 1. The Balaban J connectivity index is 2.35. The molecule has 0 spiro atoms. The van der Waals surface area contributed by atoms with Gasteiger partial charge in [-0.1, -0.05) is 6.07 Å². The summed E-state index contributed by atoms with van der Waals surface area (Å²) in [6.45, 7) is 4.13. The number of rotatable bonds is 4. The normalized spacial score (nSPS) is 11.5. The van der Waals surface area contributed by atoms with E-state index in [4.69, 9.17) is 0 Å². The molecular weight excluding hydrogens is 269 g/mol. The maximum atomic E-state index is 13.0. The van der Waals surface area contributed by atoms with Gasteiger partial charge in [-0.2, -0.15) is 5.10 Å². The van der Waals surface area contributed by atoms with Crippen LogP contribution in [-0.2, 0) is 16.6 Å². The second-order valence-corrected chi connectivity index (χ2v) is 5.68. The van der Waals surface area contributed by atoms with Gasteiger partial charge in [0.2, 0.25) is 0 Å². The Morgan fingerprint density at radius 3 is 2.74 bits per heavy atom. The molecule has 0 fully saturated rings. The predicted molar refractivity (Wildman–Crippen MR) is 69.8 cm³/mol. The molecule has 1 heterocycles. The van der Waals surface area contributed by atoms with Crippen LogP contribution in [-0.4, -0.2) is 18.2 Å². The number of anilines is 1. The highest BCUT2D eigenvalue weighted by atomic mass is 32.2. The lowest BCUT2D eigenvalue weighted by Crippen LogP contribution is -2.14. The molecule has 19 heavy (non-hydrogen) atoms. The van der Waals surface area contributed by atoms with Crippen LogP contribution in [0.5, 0.6) is 0 Å². The number of aryl methyl sites for hydroxylation is 1. The highest BCUT2D eigenvalue weighted by molar-refractivity contribution is 7.92. The smallest absolute Gasteiger partial charge is 0.265 e. The lowest BCUT2D eigenvalue weighted by Gasteiger charge is -2.07. The highest BCUT2D eigenvalue weighted by Gasteiger charge is 2.20. The first kappa shape index (κ1) is 13.5. The standard InChI is InChI=1S/C12H14FN3O2S/c1-3-16-9(2)12(8-14-16)19(17,18)15-11-6-4-5-10(13)7-11/h4-8,15H,3H2,1-2H3. The van der Waals surface area contributed by atoms with Crippen molar-refractivity contribution in [1.82, 2.24) is 9.78 Å². The number of nitrogens with zero attached hydrogens (tertiary/aromatic N) is 2. The molecule has 0 aliphatic heterocycles. The zero-order valence-electron chi connectivity index (χ0n) is 10.6. The second kappa shape index (κ2) is 5.00. The van der Waals surface area contributed by atoms with Crippen molar-refractivity contribution in [2.24, 2.45) is 0 Å². The second-order valence-electron chi connectivity index (χ2n) is 4.03. The average molecular weight is 283 g/mol. The van der Waals surface area contributed by atoms with Crippen molar-refractivity contribution in [2.45, 2.75) is 25.3 Å². The number of aromatic nitrogens is 2. The molecule has 0 amide bonds. The van der Waals surface area contributed by atoms with Crippen molar-refractivity contribution in [3.8, 4) is 0 Å². The van der Waals surface area contributed by atoms with Crippen molar-refractivity contribution < 1.29 is 12.8 Å². The average Bonchev–Trinajstić information content (AvgIpc) is 2.70. The Morgan fingerprint density at radius 1 is 1.42 bits per heavy atom. The van der Waals surface area contributed by atoms with Gasteiger partial charge in [0.25, 0.3) is 10.0 Å². The number of hydrogen-bond acceptors (Lipinski definition) is 3. The first-order valence-corrected chi connectivity index (χ1v) is 7.23. The first-order chi connectivity index (χ1) is 8.94. The largest absolute Gasteiger partial charge is 0.279 e. The van der Waals surface area contributed by atoms with E-state index in [-0.39, 0.29) is 10.6 Å². The molecule has 7 heteroatoms. The SMILES string of the molecule is CCn1ncc(S(=O)(=O)Nc2cccc(F)c2)c1C. The van der Waals surface area contributed by atoms with Crippen LogP contribution >= 0.6 is 0 Å². The van der Waals surface area contributed by atoms with Crippen LogP contribution in [0.4, 0.5) is 10.1 Å². The van der Waals surface area contributed by atoms with E-state index < -0.39 is 15.8 Å². The van der Waals surface area contributed by atoms with Gasteiger partial charge in [0.05, 0.1) is 17.6 Å². The summed E-state index contributed by atoms with van der Waals surface area (Å²) in [5, 5.41) is 3.98. The molecule has 2 aromatic rings. The number of benzene rings is 1. The molecular formula is C12H14FN3O2S. The molecule has 0 saturated carbocycles. The molecule has 0 radical (unpaired) electrons. The Kier molecular flexibility index (Phi) is 3.57. The summed E-state index contributed by atoms with van der Waals surface area (Å²) in [5.41, 5.74) is 0.732. The molecule has 2 rings (SSSR count). The van der Waals surface area contributed by atoms with Gasteiger partial charge in [0.1, 0.15) is 10.7 Å². The molecule has 0 unspecified atom stereocenters. The van der Waals surface area contributed by atoms with Gasteiger partial charge in [-0.05, 0) is 32.0 Å². The summed E-state index contributed by atoms with van der Waals surface area (Å²) < 4.78 is 41.3. The van der Waals surface area contributed by atoms with E-state index in [0.717, 1.165) is 6.07 Å². The first-order valence-electron chi connectivity index (χ1n) is 5.75. The summed E-state index contributed by atoms with van der Waals surface area (Å²) in [7, 11) is -3.75. The monoisotopic (exact) mass is 283 g/mol. The fourth-order valence-electron chi connectivity index (χ4n) is 1.77. The summed E-state index contributed by atoms with van der Waals surface area (Å²) in [4.78, 5) is 0.0959. The molecule has 1 N–H and O–H groups in total. The topological polar surface area (TPSA) is 64.0 Å². The van der Waals surface area contributed by atoms with Crippen LogP contribution in [0.15, 0.2) is 35.4 Å². The van der Waals surface area contributed by atoms with E-state index in [1.165, 1.54) is 24.4 Å². The maximum Gasteiger partial charge on any atom is 0.265 e. The van der Waals surface area contributed by atoms with Gasteiger partial charge >= 0.3 is 0 Å². The van der Waals surface area contributed by atoms with Crippen LogP contribution in [0.25, 0.3) is 0 Å². The molecule has 0 aliphatic carbocycles. The third-order valence-corrected chi connectivity index (χ3v) is 4.21. The minimum Gasteiger partial charge on any atom is -0.279 e. The maximum absolute atomic E-state index is 13.0. The third kappa shape index (κ3) is 2.76. The zero-order valence-corrected chi connectivity index (χ0v) is 11.4. The molecule has 1 aromatic carbocycles. The van der Waals surface area contributed by atoms with Crippen LogP contribution in [0.1, 0.15) is 12.6 Å². The van der Waals surface area contributed by atoms with Crippen LogP contribution in [0.3, 0.4) is 0 Å². The Morgan fingerprint density at radius 2 is 2.16 bits per heavy atom. The van der Waals surface area contributed by atoms with Crippen molar-refractivity contribution in [1.29, 1.82) is 0 Å². The zero-order chi connectivity index (χ0) is 14.0. The van der Waals surface area contributed by atoms with E-state index in [2.05, 4.69) is 9.82 Å². The molecule has 5 nitrogen and oxygen atoms in total. The van der Waals surface area contributed by atoms with Crippen molar-refractivity contribution in [3.63, 3.8) is 0 Å². The molecule has 1 aromatic heterocycles. The third-order valence-electron chi connectivity index (χ3n) is 2.72. The Hall–Kier alpha value is -1.89. The van der Waals surface area contributed by atoms with E-state index in [9.17, 15) is 12.8 Å².